The number of amides is 4. The van der Waals surface area contributed by atoms with E-state index in [1.54, 1.807) is 13.8 Å². The number of hydrogen-bond acceptors (Lipinski definition) is 6. The lowest BCUT2D eigenvalue weighted by molar-refractivity contribution is -0.140. The van der Waals surface area contributed by atoms with Crippen molar-refractivity contribution in [3.8, 4) is 0 Å². The number of rotatable bonds is 9. The van der Waals surface area contributed by atoms with E-state index in [0.717, 1.165) is 91.1 Å². The minimum atomic E-state index is 0.146. The first-order chi connectivity index (χ1) is 26.4. The highest BCUT2D eigenvalue weighted by molar-refractivity contribution is 5.78. The predicted molar refractivity (Wildman–Crippen MR) is 219 cm³/mol. The molecule has 0 bridgehead atoms. The second-order valence-corrected chi connectivity index (χ2v) is 17.0. The number of carbonyl (C=O) groups excluding carboxylic acids is 4. The van der Waals surface area contributed by atoms with Gasteiger partial charge in [-0.2, -0.15) is 0 Å². The summed E-state index contributed by atoms with van der Waals surface area (Å²) in [5, 5.41) is 3.38. The van der Waals surface area contributed by atoms with Crippen LogP contribution >= 0.6 is 0 Å². The maximum absolute atomic E-state index is 13.4. The predicted octanol–water partition coefficient (Wildman–Crippen LogP) is 5.68. The maximum Gasteiger partial charge on any atom is 0.223 e. The third-order valence-electron chi connectivity index (χ3n) is 12.6. The summed E-state index contributed by atoms with van der Waals surface area (Å²) in [6, 6.07) is 22.2. The van der Waals surface area contributed by atoms with Crippen molar-refractivity contribution in [1.29, 1.82) is 0 Å². The Hall–Kier alpha value is -3.76. The number of piperidine rings is 2. The summed E-state index contributed by atoms with van der Waals surface area (Å²) in [6.45, 7) is 20.4. The largest absolute Gasteiger partial charge is 0.343 e. The molecule has 4 aliphatic rings. The summed E-state index contributed by atoms with van der Waals surface area (Å²) in [5.74, 6) is 2.59. The Labute approximate surface area is 331 Å². The molecule has 0 aliphatic carbocycles. The highest BCUT2D eigenvalue weighted by atomic mass is 16.2. The Kier molecular flexibility index (Phi) is 15.7. The van der Waals surface area contributed by atoms with Crippen LogP contribution in [0, 0.1) is 23.7 Å². The first-order valence-electron chi connectivity index (χ1n) is 21.1. The zero-order valence-corrected chi connectivity index (χ0v) is 34.5. The van der Waals surface area contributed by atoms with Crippen LogP contribution in [0.2, 0.25) is 0 Å². The number of piperazine rings is 2. The van der Waals surface area contributed by atoms with Gasteiger partial charge in [0, 0.05) is 104 Å². The molecule has 2 atom stereocenters. The lowest BCUT2D eigenvalue weighted by Gasteiger charge is -2.47. The second kappa shape index (κ2) is 20.4. The van der Waals surface area contributed by atoms with Crippen LogP contribution in [0.5, 0.6) is 0 Å². The van der Waals surface area contributed by atoms with E-state index in [4.69, 9.17) is 0 Å². The molecule has 4 saturated heterocycles. The van der Waals surface area contributed by atoms with Gasteiger partial charge in [0.05, 0.1) is 6.04 Å². The molecule has 6 rings (SSSR count). The zero-order valence-electron chi connectivity index (χ0n) is 34.5. The fraction of sp³-hybridized carbons (Fsp3) is 0.644. The van der Waals surface area contributed by atoms with Crippen LogP contribution in [0.4, 0.5) is 0 Å². The van der Waals surface area contributed by atoms with E-state index < -0.39 is 0 Å². The van der Waals surface area contributed by atoms with E-state index in [9.17, 15) is 19.2 Å². The molecular formula is C45H68N6O4. The quantitative estimate of drug-likeness (QED) is 0.354. The van der Waals surface area contributed by atoms with Gasteiger partial charge >= 0.3 is 0 Å². The van der Waals surface area contributed by atoms with Gasteiger partial charge in [0.2, 0.25) is 23.6 Å². The Morgan fingerprint density at radius 3 is 1.45 bits per heavy atom. The van der Waals surface area contributed by atoms with Gasteiger partial charge in [-0.15, -0.1) is 0 Å². The van der Waals surface area contributed by atoms with Crippen molar-refractivity contribution in [2.24, 2.45) is 23.7 Å². The second-order valence-electron chi connectivity index (χ2n) is 17.0. The van der Waals surface area contributed by atoms with Crippen LogP contribution in [0.1, 0.15) is 97.2 Å². The molecule has 0 aromatic heterocycles. The van der Waals surface area contributed by atoms with Crippen LogP contribution < -0.4 is 5.32 Å². The van der Waals surface area contributed by atoms with Crippen LogP contribution in [0.25, 0.3) is 0 Å². The van der Waals surface area contributed by atoms with Gasteiger partial charge in [-0.05, 0) is 60.5 Å². The number of nitrogens with one attached hydrogen (secondary N) is 1. The van der Waals surface area contributed by atoms with Crippen molar-refractivity contribution in [1.82, 2.24) is 29.8 Å². The molecule has 4 heterocycles. The fourth-order valence-corrected chi connectivity index (χ4v) is 9.09. The lowest BCUT2D eigenvalue weighted by Crippen LogP contribution is -2.58. The Morgan fingerprint density at radius 2 is 1.04 bits per heavy atom. The van der Waals surface area contributed by atoms with Gasteiger partial charge in [-0.1, -0.05) is 88.4 Å². The summed E-state index contributed by atoms with van der Waals surface area (Å²) in [5.41, 5.74) is 2.60. The standard InChI is InChI=1S/C29H39N3O2.C16H29N3O2/c1-22(2)27-21-31(29(25-10-6-4-7-11-25)26-12-8-5-9-13-26)18-19-32(27)28(34)20-24-14-16-30(17-15-24)23(3)33;1-12(2)15-11-17-6-9-19(15)16(21)10-14-4-7-18(8-5-14)13(3)20/h4-13,22,24,27,29H,14-21H2,1-3H3;12,14-15,17H,4-11H2,1-3H3/t27-;15-/m11/s1. The van der Waals surface area contributed by atoms with Gasteiger partial charge in [0.15, 0.2) is 0 Å². The lowest BCUT2D eigenvalue weighted by atomic mass is 9.90. The summed E-state index contributed by atoms with van der Waals surface area (Å²) >= 11 is 0. The third-order valence-corrected chi connectivity index (χ3v) is 12.6. The first kappa shape index (κ1) is 42.4. The van der Waals surface area contributed by atoms with Gasteiger partial charge in [-0.25, -0.2) is 0 Å². The monoisotopic (exact) mass is 757 g/mol. The number of carbonyl (C=O) groups is 4. The molecule has 302 valence electrons. The molecular weight excluding hydrogens is 689 g/mol. The molecule has 2 aromatic carbocycles. The average molecular weight is 757 g/mol. The third kappa shape index (κ3) is 11.6. The van der Waals surface area contributed by atoms with Crippen LogP contribution in [-0.2, 0) is 19.2 Å². The maximum atomic E-state index is 13.4. The van der Waals surface area contributed by atoms with Crippen LogP contribution in [0.3, 0.4) is 0 Å². The molecule has 55 heavy (non-hydrogen) atoms. The number of hydrogen-bond donors (Lipinski definition) is 1. The average Bonchev–Trinajstić information content (AvgIpc) is 3.19. The molecule has 4 amide bonds. The number of benzene rings is 2. The smallest absolute Gasteiger partial charge is 0.223 e. The number of likely N-dealkylation sites (tertiary alicyclic amines) is 2. The summed E-state index contributed by atoms with van der Waals surface area (Å²) < 4.78 is 0. The van der Waals surface area contributed by atoms with E-state index in [0.29, 0.717) is 48.5 Å². The molecule has 0 spiro atoms. The van der Waals surface area contributed by atoms with Gasteiger partial charge in [0.1, 0.15) is 0 Å². The molecule has 10 nitrogen and oxygen atoms in total. The Morgan fingerprint density at radius 1 is 0.600 bits per heavy atom. The summed E-state index contributed by atoms with van der Waals surface area (Å²) in [7, 11) is 0. The van der Waals surface area contributed by atoms with Crippen molar-refractivity contribution < 1.29 is 19.2 Å². The molecule has 2 aromatic rings. The molecule has 0 unspecified atom stereocenters. The van der Waals surface area contributed by atoms with Crippen LogP contribution in [0.15, 0.2) is 60.7 Å². The van der Waals surface area contributed by atoms with Crippen molar-refractivity contribution in [3.05, 3.63) is 71.8 Å². The van der Waals surface area contributed by atoms with Crippen molar-refractivity contribution in [3.63, 3.8) is 0 Å². The summed E-state index contributed by atoms with van der Waals surface area (Å²) in [6.07, 6.45) is 5.04. The molecule has 0 radical (unpaired) electrons. The molecule has 10 heteroatoms. The van der Waals surface area contributed by atoms with E-state index in [1.165, 1.54) is 11.1 Å². The van der Waals surface area contributed by atoms with E-state index in [1.807, 2.05) is 9.80 Å². The molecule has 4 aliphatic heterocycles. The molecule has 0 saturated carbocycles. The van der Waals surface area contributed by atoms with E-state index >= 15 is 0 Å². The van der Waals surface area contributed by atoms with E-state index in [-0.39, 0.29) is 29.8 Å². The Balaban J connectivity index is 0.000000237. The van der Waals surface area contributed by atoms with Gasteiger partial charge in [0.25, 0.3) is 0 Å². The van der Waals surface area contributed by atoms with Crippen molar-refractivity contribution in [2.45, 2.75) is 98.2 Å². The fourth-order valence-electron chi connectivity index (χ4n) is 9.09. The summed E-state index contributed by atoms with van der Waals surface area (Å²) in [4.78, 5) is 59.6. The highest BCUT2D eigenvalue weighted by Crippen LogP contribution is 2.33. The van der Waals surface area contributed by atoms with E-state index in [2.05, 4.69) is 108 Å². The van der Waals surface area contributed by atoms with Gasteiger partial charge in [-0.3, -0.25) is 24.1 Å². The van der Waals surface area contributed by atoms with Crippen LogP contribution in [-0.4, -0.2) is 126 Å². The zero-order chi connectivity index (χ0) is 39.5. The normalized spacial score (nSPS) is 21.8. The minimum absolute atomic E-state index is 0.146. The molecule has 1 N–H and O–H groups in total. The first-order valence-corrected chi connectivity index (χ1v) is 21.1. The minimum Gasteiger partial charge on any atom is -0.343 e. The molecule has 4 fully saturated rings. The van der Waals surface area contributed by atoms with Crippen molar-refractivity contribution in [2.75, 3.05) is 65.4 Å². The topological polar surface area (TPSA) is 96.5 Å². The SMILES string of the molecule is CC(=O)N1CCC(CC(=O)N2CCN(C(c3ccccc3)c3ccccc3)C[C@@H]2C(C)C)CC1.CC(=O)N1CCC(CC(=O)N2CCNC[C@@H]2C(C)C)CC1. The Bertz CT molecular complexity index is 1480. The highest BCUT2D eigenvalue weighted by Gasteiger charge is 2.37. The van der Waals surface area contributed by atoms with Gasteiger partial charge < -0.3 is 24.9 Å². The number of nitrogens with zero attached hydrogens (tertiary/aromatic N) is 5. The van der Waals surface area contributed by atoms with Crippen molar-refractivity contribution >= 4 is 23.6 Å².